The van der Waals surface area contributed by atoms with E-state index in [4.69, 9.17) is 5.73 Å². The Labute approximate surface area is 132 Å². The third-order valence-electron chi connectivity index (χ3n) is 4.08. The number of nitrogen functional groups attached to an aromatic ring is 1. The maximum atomic E-state index is 5.65. The van der Waals surface area contributed by atoms with Crippen molar-refractivity contribution in [3.8, 4) is 0 Å². The fourth-order valence-corrected chi connectivity index (χ4v) is 3.02. The molecule has 116 valence electrons. The van der Waals surface area contributed by atoms with E-state index in [1.165, 1.54) is 26.6 Å². The molecule has 7 heteroatoms. The van der Waals surface area contributed by atoms with E-state index in [0.717, 1.165) is 12.1 Å². The van der Waals surface area contributed by atoms with Crippen molar-refractivity contribution in [2.75, 3.05) is 11.2 Å². The molecule has 0 atom stereocenters. The highest BCUT2D eigenvalue weighted by molar-refractivity contribution is 6.08. The highest BCUT2D eigenvalue weighted by Gasteiger charge is 2.09. The zero-order valence-corrected chi connectivity index (χ0v) is 12.8. The first-order chi connectivity index (χ1) is 11.3. The number of fused-ring (bicyclic) bond motifs is 3. The van der Waals surface area contributed by atoms with E-state index in [9.17, 15) is 0 Å². The molecule has 0 fully saturated rings. The number of nitrogens with two attached hydrogens (primary N) is 1. The van der Waals surface area contributed by atoms with Gasteiger partial charge in [-0.1, -0.05) is 29.4 Å². The molecule has 0 aliphatic rings. The van der Waals surface area contributed by atoms with Gasteiger partial charge in [-0.05, 0) is 41.1 Å². The van der Waals surface area contributed by atoms with E-state index < -0.39 is 0 Å². The van der Waals surface area contributed by atoms with Crippen molar-refractivity contribution < 1.29 is 0 Å². The monoisotopic (exact) mass is 307 g/mol. The lowest BCUT2D eigenvalue weighted by atomic mass is 10.1. The Bertz CT molecular complexity index is 983. The first-order valence-electron chi connectivity index (χ1n) is 7.55. The van der Waals surface area contributed by atoms with Crippen LogP contribution >= 0.6 is 0 Å². The lowest BCUT2D eigenvalue weighted by Crippen LogP contribution is -2.18. The predicted octanol–water partition coefficient (Wildman–Crippen LogP) is 2.13. The van der Waals surface area contributed by atoms with Crippen molar-refractivity contribution in [3.63, 3.8) is 0 Å². The van der Waals surface area contributed by atoms with Crippen molar-refractivity contribution in [2.45, 2.75) is 20.0 Å². The van der Waals surface area contributed by atoms with Crippen LogP contribution in [0.1, 0.15) is 12.5 Å². The Morgan fingerprint density at radius 1 is 1.09 bits per heavy atom. The zero-order valence-electron chi connectivity index (χ0n) is 12.8. The van der Waals surface area contributed by atoms with Gasteiger partial charge in [-0.15, -0.1) is 4.79 Å². The van der Waals surface area contributed by atoms with E-state index in [1.54, 1.807) is 0 Å². The summed E-state index contributed by atoms with van der Waals surface area (Å²) >= 11 is 0. The number of hydrogen-bond acceptors (Lipinski definition) is 5. The minimum atomic E-state index is 0.244. The fourth-order valence-electron chi connectivity index (χ4n) is 3.02. The summed E-state index contributed by atoms with van der Waals surface area (Å²) in [4.78, 5) is 1.37. The third-order valence-corrected chi connectivity index (χ3v) is 4.08. The molecular formula is C16H17N7. The summed E-state index contributed by atoms with van der Waals surface area (Å²) in [6, 6.07) is 15.0. The van der Waals surface area contributed by atoms with Crippen molar-refractivity contribution >= 4 is 27.8 Å². The third kappa shape index (κ3) is 2.17. The largest absolute Gasteiger partial charge is 0.365 e. The number of nitrogens with zero attached hydrogens (tertiary/aromatic N) is 5. The average molecular weight is 307 g/mol. The number of nitrogens with one attached hydrogen (secondary N) is 1. The normalized spacial score (nSPS) is 11.3. The molecule has 0 aliphatic heterocycles. The van der Waals surface area contributed by atoms with E-state index in [0.29, 0.717) is 6.54 Å². The number of anilines is 1. The van der Waals surface area contributed by atoms with Crippen LogP contribution in [0.3, 0.4) is 0 Å². The summed E-state index contributed by atoms with van der Waals surface area (Å²) in [5.41, 5.74) is 12.4. The summed E-state index contributed by atoms with van der Waals surface area (Å²) in [6.45, 7) is 3.71. The van der Waals surface area contributed by atoms with Gasteiger partial charge in [0.2, 0.25) is 0 Å². The van der Waals surface area contributed by atoms with E-state index in [-0.39, 0.29) is 5.95 Å². The summed E-state index contributed by atoms with van der Waals surface area (Å²) in [7, 11) is 0. The van der Waals surface area contributed by atoms with Crippen LogP contribution in [0.5, 0.6) is 0 Å². The molecule has 2 aromatic carbocycles. The first kappa shape index (κ1) is 13.6. The van der Waals surface area contributed by atoms with Gasteiger partial charge in [-0.25, -0.2) is 0 Å². The predicted molar refractivity (Wildman–Crippen MR) is 90.4 cm³/mol. The van der Waals surface area contributed by atoms with Crippen LogP contribution in [0, 0.1) is 0 Å². The van der Waals surface area contributed by atoms with Gasteiger partial charge >= 0.3 is 0 Å². The topological polar surface area (TPSA) is 86.6 Å². The number of aryl methyl sites for hydroxylation is 1. The van der Waals surface area contributed by atoms with Crippen LogP contribution in [0.2, 0.25) is 0 Å². The number of hydrogen-bond donors (Lipinski definition) is 2. The smallest absolute Gasteiger partial charge is 0.260 e. The van der Waals surface area contributed by atoms with E-state index in [1.807, 2.05) is 0 Å². The Morgan fingerprint density at radius 3 is 2.70 bits per heavy atom. The molecule has 0 saturated carbocycles. The van der Waals surface area contributed by atoms with Gasteiger partial charge in [0.15, 0.2) is 0 Å². The zero-order chi connectivity index (χ0) is 15.8. The summed E-state index contributed by atoms with van der Waals surface area (Å²) in [5.74, 6) is 0.244. The fraction of sp³-hybridized carbons (Fsp3) is 0.188. The molecule has 4 aromatic rings. The number of rotatable bonds is 4. The molecular weight excluding hydrogens is 290 g/mol. The average Bonchev–Trinajstić information content (AvgIpc) is 3.13. The Balaban J connectivity index is 1.75. The Morgan fingerprint density at radius 2 is 1.91 bits per heavy atom. The van der Waals surface area contributed by atoms with Crippen LogP contribution < -0.4 is 11.2 Å². The second kappa shape index (κ2) is 5.28. The van der Waals surface area contributed by atoms with Crippen molar-refractivity contribution in [2.24, 2.45) is 0 Å². The minimum Gasteiger partial charge on any atom is -0.365 e. The molecule has 23 heavy (non-hydrogen) atoms. The van der Waals surface area contributed by atoms with E-state index in [2.05, 4.69) is 74.9 Å². The van der Waals surface area contributed by atoms with Crippen LogP contribution in [0.25, 0.3) is 21.8 Å². The van der Waals surface area contributed by atoms with Crippen molar-refractivity contribution in [1.82, 2.24) is 24.9 Å². The number of benzene rings is 2. The summed E-state index contributed by atoms with van der Waals surface area (Å²) < 4.78 is 2.33. The quantitative estimate of drug-likeness (QED) is 0.603. The first-order valence-corrected chi connectivity index (χ1v) is 7.55. The molecule has 2 aromatic heterocycles. The van der Waals surface area contributed by atoms with E-state index >= 15 is 0 Å². The molecule has 7 nitrogen and oxygen atoms in total. The maximum Gasteiger partial charge on any atom is 0.260 e. The van der Waals surface area contributed by atoms with Crippen LogP contribution in [0.15, 0.2) is 42.5 Å². The Kier molecular flexibility index (Phi) is 3.11. The molecule has 0 bridgehead atoms. The SMILES string of the molecule is CCn1c2ccccc2c2cc(CNn3nnnc3N)ccc21. The molecule has 2 heterocycles. The molecule has 0 spiro atoms. The van der Waals surface area contributed by atoms with Gasteiger partial charge in [0.05, 0.1) is 6.54 Å². The van der Waals surface area contributed by atoms with Crippen LogP contribution in [-0.2, 0) is 13.1 Å². The lowest BCUT2D eigenvalue weighted by Gasteiger charge is -2.07. The van der Waals surface area contributed by atoms with Crippen LogP contribution in [0.4, 0.5) is 5.95 Å². The number of para-hydroxylation sites is 1. The molecule has 0 unspecified atom stereocenters. The molecule has 0 radical (unpaired) electrons. The molecule has 0 saturated heterocycles. The number of aromatic nitrogens is 5. The lowest BCUT2D eigenvalue weighted by molar-refractivity contribution is 0.694. The minimum absolute atomic E-state index is 0.244. The second-order valence-electron chi connectivity index (χ2n) is 5.40. The molecule has 3 N–H and O–H groups in total. The Hall–Kier alpha value is -3.09. The maximum absolute atomic E-state index is 5.65. The van der Waals surface area contributed by atoms with Crippen LogP contribution in [-0.4, -0.2) is 24.9 Å². The van der Waals surface area contributed by atoms with Gasteiger partial charge in [-0.2, -0.15) is 0 Å². The molecule has 0 aliphatic carbocycles. The highest BCUT2D eigenvalue weighted by Crippen LogP contribution is 2.29. The number of tetrazole rings is 1. The van der Waals surface area contributed by atoms with Crippen molar-refractivity contribution in [1.29, 1.82) is 0 Å². The molecule has 4 rings (SSSR count). The molecule has 0 amide bonds. The highest BCUT2D eigenvalue weighted by atomic mass is 15.7. The second-order valence-corrected chi connectivity index (χ2v) is 5.40. The summed E-state index contributed by atoms with van der Waals surface area (Å²) in [5, 5.41) is 13.5. The van der Waals surface area contributed by atoms with Gasteiger partial charge in [0.1, 0.15) is 0 Å². The van der Waals surface area contributed by atoms with Gasteiger partial charge in [-0.3, -0.25) is 0 Å². The standard InChI is InChI=1S/C16H17N7/c1-2-22-14-6-4-3-5-12(14)13-9-11(7-8-15(13)22)10-18-23-16(17)19-20-21-23/h3-9,18H,2,10H2,1H3,(H2,17,19,21). The van der Waals surface area contributed by atoms with Crippen molar-refractivity contribution in [3.05, 3.63) is 48.0 Å². The van der Waals surface area contributed by atoms with Gasteiger partial charge < -0.3 is 15.7 Å². The van der Waals surface area contributed by atoms with Gasteiger partial charge in [0.25, 0.3) is 5.95 Å². The van der Waals surface area contributed by atoms with Gasteiger partial charge in [0, 0.05) is 28.4 Å². The summed E-state index contributed by atoms with van der Waals surface area (Å²) in [6.07, 6.45) is 0.